The van der Waals surface area contributed by atoms with Gasteiger partial charge in [0, 0.05) is 12.6 Å². The lowest BCUT2D eigenvalue weighted by Gasteiger charge is -2.26. The molecule has 21 heavy (non-hydrogen) atoms. The quantitative estimate of drug-likeness (QED) is 0.910. The van der Waals surface area contributed by atoms with Gasteiger partial charge in [-0.25, -0.2) is 0 Å². The normalized spacial score (nSPS) is 20.8. The average Bonchev–Trinajstić information content (AvgIpc) is 3.13. The highest BCUT2D eigenvalue weighted by atomic mass is 16.4. The van der Waals surface area contributed by atoms with Crippen molar-refractivity contribution in [2.75, 3.05) is 6.54 Å². The van der Waals surface area contributed by atoms with Crippen molar-refractivity contribution in [3.63, 3.8) is 0 Å². The van der Waals surface area contributed by atoms with Gasteiger partial charge in [-0.2, -0.15) is 0 Å². The molecule has 1 saturated heterocycles. The SMILES string of the molecule is Cc1ccccc1CN1CCCC1CC(O)c1ccco1. The van der Waals surface area contributed by atoms with Crippen LogP contribution in [0.4, 0.5) is 0 Å². The second kappa shape index (κ2) is 6.46. The summed E-state index contributed by atoms with van der Waals surface area (Å²) < 4.78 is 5.31. The summed E-state index contributed by atoms with van der Waals surface area (Å²) in [5, 5.41) is 10.3. The van der Waals surface area contributed by atoms with Crippen molar-refractivity contribution in [1.82, 2.24) is 4.90 Å². The third kappa shape index (κ3) is 3.36. The Morgan fingerprint density at radius 1 is 1.29 bits per heavy atom. The Morgan fingerprint density at radius 2 is 2.14 bits per heavy atom. The lowest BCUT2D eigenvalue weighted by atomic mass is 10.0. The minimum atomic E-state index is -0.498. The lowest BCUT2D eigenvalue weighted by Crippen LogP contribution is -2.30. The van der Waals surface area contributed by atoms with Crippen LogP contribution in [0.1, 0.15) is 42.3 Å². The Morgan fingerprint density at radius 3 is 2.90 bits per heavy atom. The number of furan rings is 1. The first-order valence-corrected chi connectivity index (χ1v) is 7.74. The fourth-order valence-corrected chi connectivity index (χ4v) is 3.23. The summed E-state index contributed by atoms with van der Waals surface area (Å²) in [4.78, 5) is 2.49. The number of hydrogen-bond donors (Lipinski definition) is 1. The number of rotatable bonds is 5. The van der Waals surface area contributed by atoms with Gasteiger partial charge in [-0.1, -0.05) is 24.3 Å². The van der Waals surface area contributed by atoms with Crippen LogP contribution in [0.25, 0.3) is 0 Å². The van der Waals surface area contributed by atoms with E-state index in [0.29, 0.717) is 11.8 Å². The Kier molecular flexibility index (Phi) is 4.42. The molecule has 2 heterocycles. The second-order valence-corrected chi connectivity index (χ2v) is 5.96. The van der Waals surface area contributed by atoms with Crippen LogP contribution in [0.15, 0.2) is 47.1 Å². The molecule has 1 N–H and O–H groups in total. The van der Waals surface area contributed by atoms with Crippen molar-refractivity contribution >= 4 is 0 Å². The number of aryl methyl sites for hydroxylation is 1. The molecule has 2 atom stereocenters. The summed E-state index contributed by atoms with van der Waals surface area (Å²) in [5.41, 5.74) is 2.73. The van der Waals surface area contributed by atoms with Gasteiger partial charge < -0.3 is 9.52 Å². The van der Waals surface area contributed by atoms with E-state index < -0.39 is 6.10 Å². The van der Waals surface area contributed by atoms with Crippen molar-refractivity contribution in [3.8, 4) is 0 Å². The van der Waals surface area contributed by atoms with Crippen LogP contribution in [-0.2, 0) is 6.54 Å². The van der Waals surface area contributed by atoms with E-state index in [1.807, 2.05) is 12.1 Å². The predicted molar refractivity (Wildman–Crippen MR) is 82.9 cm³/mol. The molecule has 0 spiro atoms. The maximum Gasteiger partial charge on any atom is 0.132 e. The third-order valence-corrected chi connectivity index (χ3v) is 4.50. The van der Waals surface area contributed by atoms with Crippen LogP contribution in [-0.4, -0.2) is 22.6 Å². The van der Waals surface area contributed by atoms with Crippen molar-refractivity contribution in [3.05, 3.63) is 59.5 Å². The van der Waals surface area contributed by atoms with E-state index >= 15 is 0 Å². The second-order valence-electron chi connectivity index (χ2n) is 5.96. The molecule has 3 rings (SSSR count). The Balaban J connectivity index is 1.64. The molecule has 0 bridgehead atoms. The largest absolute Gasteiger partial charge is 0.467 e. The number of benzene rings is 1. The number of hydrogen-bond acceptors (Lipinski definition) is 3. The topological polar surface area (TPSA) is 36.6 Å². The molecule has 2 aromatic rings. The molecule has 3 nitrogen and oxygen atoms in total. The fourth-order valence-electron chi connectivity index (χ4n) is 3.23. The number of nitrogens with zero attached hydrogens (tertiary/aromatic N) is 1. The first kappa shape index (κ1) is 14.4. The molecule has 2 unspecified atom stereocenters. The molecule has 0 amide bonds. The lowest BCUT2D eigenvalue weighted by molar-refractivity contribution is 0.0995. The molecular weight excluding hydrogens is 262 g/mol. The highest BCUT2D eigenvalue weighted by Gasteiger charge is 2.28. The van der Waals surface area contributed by atoms with Gasteiger partial charge in [0.2, 0.25) is 0 Å². The molecule has 1 aromatic heterocycles. The van der Waals surface area contributed by atoms with E-state index in [9.17, 15) is 5.11 Å². The molecule has 0 saturated carbocycles. The first-order valence-electron chi connectivity index (χ1n) is 7.74. The van der Waals surface area contributed by atoms with Gasteiger partial charge in [-0.15, -0.1) is 0 Å². The molecule has 0 aliphatic carbocycles. The van der Waals surface area contributed by atoms with Crippen molar-refractivity contribution in [2.45, 2.75) is 44.9 Å². The van der Waals surface area contributed by atoms with Gasteiger partial charge in [-0.3, -0.25) is 4.90 Å². The minimum absolute atomic E-state index is 0.435. The standard InChI is InChI=1S/C18H23NO2/c1-14-6-2-3-7-15(14)13-19-10-4-8-16(19)12-17(20)18-9-5-11-21-18/h2-3,5-7,9,11,16-17,20H,4,8,10,12-13H2,1H3. The van der Waals surface area contributed by atoms with E-state index in [1.54, 1.807) is 6.26 Å². The van der Waals surface area contributed by atoms with Crippen LogP contribution >= 0.6 is 0 Å². The highest BCUT2D eigenvalue weighted by Crippen LogP contribution is 2.29. The maximum absolute atomic E-state index is 10.3. The number of likely N-dealkylation sites (tertiary alicyclic amines) is 1. The monoisotopic (exact) mass is 285 g/mol. The summed E-state index contributed by atoms with van der Waals surface area (Å²) >= 11 is 0. The van der Waals surface area contributed by atoms with E-state index in [4.69, 9.17) is 4.42 Å². The predicted octanol–water partition coefficient (Wildman–Crippen LogP) is 3.68. The zero-order chi connectivity index (χ0) is 14.7. The van der Waals surface area contributed by atoms with E-state index in [1.165, 1.54) is 17.5 Å². The Bertz CT molecular complexity index is 564. The van der Waals surface area contributed by atoms with Gasteiger partial charge in [0.05, 0.1) is 6.26 Å². The van der Waals surface area contributed by atoms with Crippen molar-refractivity contribution < 1.29 is 9.52 Å². The summed E-state index contributed by atoms with van der Waals surface area (Å²) in [6.07, 6.45) is 4.24. The maximum atomic E-state index is 10.3. The molecule has 1 aromatic carbocycles. The molecule has 3 heteroatoms. The fraction of sp³-hybridized carbons (Fsp3) is 0.444. The Hall–Kier alpha value is -1.58. The van der Waals surface area contributed by atoms with Crippen LogP contribution in [0.5, 0.6) is 0 Å². The van der Waals surface area contributed by atoms with Gasteiger partial charge >= 0.3 is 0 Å². The molecule has 0 radical (unpaired) electrons. The van der Waals surface area contributed by atoms with Crippen molar-refractivity contribution in [1.29, 1.82) is 0 Å². The van der Waals surface area contributed by atoms with Crippen LogP contribution in [0.3, 0.4) is 0 Å². The summed E-state index contributed by atoms with van der Waals surface area (Å²) in [6.45, 7) is 4.25. The zero-order valence-electron chi connectivity index (χ0n) is 12.5. The van der Waals surface area contributed by atoms with E-state index in [-0.39, 0.29) is 0 Å². The summed E-state index contributed by atoms with van der Waals surface area (Å²) in [6, 6.07) is 12.7. The summed E-state index contributed by atoms with van der Waals surface area (Å²) in [7, 11) is 0. The van der Waals surface area contributed by atoms with Gasteiger partial charge in [-0.05, 0) is 56.0 Å². The average molecular weight is 285 g/mol. The van der Waals surface area contributed by atoms with Crippen LogP contribution in [0, 0.1) is 6.92 Å². The highest BCUT2D eigenvalue weighted by molar-refractivity contribution is 5.25. The first-order chi connectivity index (χ1) is 10.2. The van der Waals surface area contributed by atoms with Gasteiger partial charge in [0.25, 0.3) is 0 Å². The smallest absolute Gasteiger partial charge is 0.132 e. The molecule has 1 aliphatic heterocycles. The molecule has 112 valence electrons. The van der Waals surface area contributed by atoms with E-state index in [2.05, 4.69) is 36.1 Å². The summed E-state index contributed by atoms with van der Waals surface area (Å²) in [5.74, 6) is 0.678. The van der Waals surface area contributed by atoms with Gasteiger partial charge in [0.15, 0.2) is 0 Å². The minimum Gasteiger partial charge on any atom is -0.467 e. The van der Waals surface area contributed by atoms with Crippen LogP contribution in [0.2, 0.25) is 0 Å². The molecular formula is C18H23NO2. The Labute approximate surface area is 126 Å². The third-order valence-electron chi connectivity index (χ3n) is 4.50. The zero-order valence-corrected chi connectivity index (χ0v) is 12.5. The molecule has 1 aliphatic rings. The molecule has 1 fully saturated rings. The number of aliphatic hydroxyl groups excluding tert-OH is 1. The van der Waals surface area contributed by atoms with E-state index in [0.717, 1.165) is 25.9 Å². The van der Waals surface area contributed by atoms with Crippen LogP contribution < -0.4 is 0 Å². The van der Waals surface area contributed by atoms with Gasteiger partial charge in [0.1, 0.15) is 11.9 Å². The number of aliphatic hydroxyl groups is 1. The van der Waals surface area contributed by atoms with Crippen molar-refractivity contribution in [2.24, 2.45) is 0 Å².